The Bertz CT molecular complexity index is 1170. The molecule has 0 radical (unpaired) electrons. The molecule has 0 saturated heterocycles. The first-order valence-electron chi connectivity index (χ1n) is 10.9. The summed E-state index contributed by atoms with van der Waals surface area (Å²) < 4.78 is 5.00. The molecular weight excluding hydrogens is 434 g/mol. The lowest BCUT2D eigenvalue weighted by Gasteiger charge is -2.35. The average molecular weight is 462 g/mol. The summed E-state index contributed by atoms with van der Waals surface area (Å²) in [7, 11) is 1.30. The second-order valence-electron chi connectivity index (χ2n) is 7.78. The van der Waals surface area contributed by atoms with Gasteiger partial charge in [-0.2, -0.15) is 5.26 Å². The monoisotopic (exact) mass is 461 g/mol. The van der Waals surface area contributed by atoms with Crippen molar-refractivity contribution >= 4 is 29.4 Å². The minimum atomic E-state index is -0.727. The molecule has 1 atom stereocenters. The van der Waals surface area contributed by atoms with Crippen LogP contribution in [-0.2, 0) is 9.53 Å². The maximum Gasteiger partial charge on any atom is 0.337 e. The SMILES string of the molecule is CCCCN1C(=O)NC(c2cccc(NC(=O)Nc3cccc(C#N)c3)c2)C(C(=O)OC)=C1C. The van der Waals surface area contributed by atoms with E-state index in [9.17, 15) is 14.4 Å². The Morgan fingerprint density at radius 3 is 2.47 bits per heavy atom. The second-order valence-corrected chi connectivity index (χ2v) is 7.78. The van der Waals surface area contributed by atoms with Crippen LogP contribution in [0.15, 0.2) is 59.8 Å². The van der Waals surface area contributed by atoms with Gasteiger partial charge in [-0.1, -0.05) is 31.5 Å². The Morgan fingerprint density at radius 1 is 1.15 bits per heavy atom. The first-order chi connectivity index (χ1) is 16.4. The average Bonchev–Trinajstić information content (AvgIpc) is 2.83. The predicted octanol–water partition coefficient (Wildman–Crippen LogP) is 4.52. The van der Waals surface area contributed by atoms with Crippen molar-refractivity contribution in [3.05, 3.63) is 70.9 Å². The van der Waals surface area contributed by atoms with Crippen molar-refractivity contribution in [2.75, 3.05) is 24.3 Å². The van der Waals surface area contributed by atoms with Gasteiger partial charge in [0.1, 0.15) is 0 Å². The number of hydrogen-bond acceptors (Lipinski definition) is 5. The number of esters is 1. The molecule has 0 aromatic heterocycles. The van der Waals surface area contributed by atoms with Crippen LogP contribution in [0.4, 0.5) is 21.0 Å². The lowest BCUT2D eigenvalue weighted by atomic mass is 9.94. The van der Waals surface area contributed by atoms with E-state index in [1.165, 1.54) is 7.11 Å². The van der Waals surface area contributed by atoms with Gasteiger partial charge in [-0.05, 0) is 49.2 Å². The largest absolute Gasteiger partial charge is 0.466 e. The summed E-state index contributed by atoms with van der Waals surface area (Å²) in [6.45, 7) is 4.26. The Balaban J connectivity index is 1.84. The van der Waals surface area contributed by atoms with Crippen LogP contribution in [0.25, 0.3) is 0 Å². The van der Waals surface area contributed by atoms with Gasteiger partial charge < -0.3 is 20.7 Å². The molecule has 1 unspecified atom stereocenters. The molecule has 2 aromatic rings. The number of ether oxygens (including phenoxy) is 1. The highest BCUT2D eigenvalue weighted by Gasteiger charge is 2.36. The number of nitriles is 1. The van der Waals surface area contributed by atoms with Gasteiger partial charge in [0.05, 0.1) is 30.4 Å². The molecule has 3 rings (SSSR count). The van der Waals surface area contributed by atoms with Gasteiger partial charge in [0.25, 0.3) is 0 Å². The molecule has 9 nitrogen and oxygen atoms in total. The molecule has 3 N–H and O–H groups in total. The zero-order valence-corrected chi connectivity index (χ0v) is 19.3. The van der Waals surface area contributed by atoms with E-state index in [0.29, 0.717) is 40.3 Å². The van der Waals surface area contributed by atoms with Crippen molar-refractivity contribution in [1.82, 2.24) is 10.2 Å². The highest BCUT2D eigenvalue weighted by atomic mass is 16.5. The number of amides is 4. The standard InChI is InChI=1S/C25H27N5O4/c1-4-5-12-30-16(2)21(23(31)34-3)22(29-25(30)33)18-9-7-11-20(14-18)28-24(32)27-19-10-6-8-17(13-19)15-26/h6-11,13-14,22H,4-5,12H2,1-3H3,(H,29,33)(H2,27,28,32). The molecule has 176 valence electrons. The molecule has 1 aliphatic heterocycles. The van der Waals surface area contributed by atoms with Crippen LogP contribution < -0.4 is 16.0 Å². The summed E-state index contributed by atoms with van der Waals surface area (Å²) in [6, 6.07) is 13.9. The minimum Gasteiger partial charge on any atom is -0.466 e. The van der Waals surface area contributed by atoms with Crippen LogP contribution in [0, 0.1) is 11.3 Å². The van der Waals surface area contributed by atoms with Gasteiger partial charge >= 0.3 is 18.0 Å². The van der Waals surface area contributed by atoms with E-state index < -0.39 is 18.0 Å². The fourth-order valence-electron chi connectivity index (χ4n) is 3.75. The van der Waals surface area contributed by atoms with Gasteiger partial charge in [-0.3, -0.25) is 4.90 Å². The lowest BCUT2D eigenvalue weighted by Crippen LogP contribution is -2.48. The highest BCUT2D eigenvalue weighted by molar-refractivity contribution is 6.00. The molecule has 0 spiro atoms. The Labute approximate surface area is 198 Å². The number of allylic oxidation sites excluding steroid dienone is 1. The smallest absolute Gasteiger partial charge is 0.337 e. The lowest BCUT2D eigenvalue weighted by molar-refractivity contribution is -0.136. The number of rotatable bonds is 7. The van der Waals surface area contributed by atoms with Gasteiger partial charge in [-0.15, -0.1) is 0 Å². The first kappa shape index (κ1) is 24.3. The van der Waals surface area contributed by atoms with Crippen LogP contribution in [0.3, 0.4) is 0 Å². The molecule has 1 aliphatic rings. The predicted molar refractivity (Wildman–Crippen MR) is 128 cm³/mol. The van der Waals surface area contributed by atoms with Crippen molar-refractivity contribution in [1.29, 1.82) is 5.26 Å². The van der Waals surface area contributed by atoms with E-state index in [-0.39, 0.29) is 6.03 Å². The molecule has 1 heterocycles. The van der Waals surface area contributed by atoms with E-state index in [0.717, 1.165) is 12.8 Å². The Hall–Kier alpha value is -4.32. The van der Waals surface area contributed by atoms with Gasteiger partial charge in [0.2, 0.25) is 0 Å². The quantitative estimate of drug-likeness (QED) is 0.523. The summed E-state index contributed by atoms with van der Waals surface area (Å²) in [5.74, 6) is -0.530. The van der Waals surface area contributed by atoms with Crippen molar-refractivity contribution in [2.24, 2.45) is 0 Å². The molecule has 34 heavy (non-hydrogen) atoms. The Morgan fingerprint density at radius 2 is 1.82 bits per heavy atom. The van der Waals surface area contributed by atoms with E-state index in [1.807, 2.05) is 13.0 Å². The third-order valence-electron chi connectivity index (χ3n) is 5.46. The van der Waals surface area contributed by atoms with Gasteiger partial charge in [0.15, 0.2) is 0 Å². The zero-order valence-electron chi connectivity index (χ0n) is 19.3. The van der Waals surface area contributed by atoms with Crippen LogP contribution in [0.1, 0.15) is 43.9 Å². The molecule has 0 saturated carbocycles. The van der Waals surface area contributed by atoms with Gasteiger partial charge in [0, 0.05) is 23.6 Å². The van der Waals surface area contributed by atoms with Crippen LogP contribution in [0.2, 0.25) is 0 Å². The molecule has 0 aliphatic carbocycles. The van der Waals surface area contributed by atoms with Crippen LogP contribution >= 0.6 is 0 Å². The van der Waals surface area contributed by atoms with Crippen molar-refractivity contribution in [2.45, 2.75) is 32.7 Å². The van der Waals surface area contributed by atoms with E-state index >= 15 is 0 Å². The molecule has 4 amide bonds. The van der Waals surface area contributed by atoms with E-state index in [2.05, 4.69) is 16.0 Å². The third-order valence-corrected chi connectivity index (χ3v) is 5.46. The number of anilines is 2. The Kier molecular flexibility index (Phi) is 7.88. The maximum atomic E-state index is 12.8. The topological polar surface area (TPSA) is 124 Å². The number of unbranched alkanes of at least 4 members (excludes halogenated alkanes) is 1. The fourth-order valence-corrected chi connectivity index (χ4v) is 3.75. The first-order valence-corrected chi connectivity index (χ1v) is 10.9. The third kappa shape index (κ3) is 5.53. The number of nitrogens with one attached hydrogen (secondary N) is 3. The van der Waals surface area contributed by atoms with Crippen LogP contribution in [-0.4, -0.2) is 36.6 Å². The van der Waals surface area contributed by atoms with Crippen molar-refractivity contribution in [3.8, 4) is 6.07 Å². The molecule has 0 bridgehead atoms. The maximum absolute atomic E-state index is 12.8. The minimum absolute atomic E-state index is 0.294. The summed E-state index contributed by atoms with van der Waals surface area (Å²) in [4.78, 5) is 39.5. The van der Waals surface area contributed by atoms with Crippen molar-refractivity contribution < 1.29 is 19.1 Å². The summed E-state index contributed by atoms with van der Waals surface area (Å²) in [6.07, 6.45) is 1.71. The number of urea groups is 2. The highest BCUT2D eigenvalue weighted by Crippen LogP contribution is 2.32. The number of methoxy groups -OCH3 is 1. The number of benzene rings is 2. The summed E-state index contributed by atoms with van der Waals surface area (Å²) >= 11 is 0. The zero-order chi connectivity index (χ0) is 24.7. The fraction of sp³-hybridized carbons (Fsp3) is 0.280. The van der Waals surface area contributed by atoms with Gasteiger partial charge in [-0.25, -0.2) is 14.4 Å². The van der Waals surface area contributed by atoms with E-state index in [1.54, 1.807) is 60.4 Å². The molecule has 2 aromatic carbocycles. The number of nitrogens with zero attached hydrogens (tertiary/aromatic N) is 2. The van der Waals surface area contributed by atoms with Crippen molar-refractivity contribution in [3.63, 3.8) is 0 Å². The molecule has 9 heteroatoms. The summed E-state index contributed by atoms with van der Waals surface area (Å²) in [5, 5.41) is 17.3. The number of carbonyl (C=O) groups excluding carboxylic acids is 3. The molecular formula is C25H27N5O4. The van der Waals surface area contributed by atoms with Crippen LogP contribution in [0.5, 0.6) is 0 Å². The summed E-state index contributed by atoms with van der Waals surface area (Å²) in [5.41, 5.74) is 2.88. The number of hydrogen-bond donors (Lipinski definition) is 3. The van der Waals surface area contributed by atoms with E-state index in [4.69, 9.17) is 10.00 Å². The number of carbonyl (C=O) groups is 3. The molecule has 0 fully saturated rings. The second kappa shape index (κ2) is 11.0. The normalized spacial score (nSPS) is 15.3.